The summed E-state index contributed by atoms with van der Waals surface area (Å²) in [4.78, 5) is 12.5. The number of carbonyl (C=O) groups is 1. The maximum atomic E-state index is 12.7. The number of hydrogen-bond donors (Lipinski definition) is 2. The van der Waals surface area contributed by atoms with Crippen molar-refractivity contribution in [2.45, 2.75) is 29.7 Å². The minimum atomic E-state index is -3.92. The second-order valence-electron chi connectivity index (χ2n) is 8.22. The monoisotopic (exact) mass is 541 g/mol. The van der Waals surface area contributed by atoms with Crippen LogP contribution in [0.1, 0.15) is 24.2 Å². The second-order valence-corrected chi connectivity index (χ2v) is 11.9. The Kier molecular flexibility index (Phi) is 9.30. The molecule has 1 heterocycles. The zero-order valence-electron chi connectivity index (χ0n) is 20.4. The van der Waals surface area contributed by atoms with Gasteiger partial charge in [-0.2, -0.15) is 4.31 Å². The Morgan fingerprint density at radius 3 is 2.28 bits per heavy atom. The Balaban J connectivity index is 1.58. The van der Waals surface area contributed by atoms with E-state index in [0.29, 0.717) is 32.1 Å². The van der Waals surface area contributed by atoms with Crippen LogP contribution < -0.4 is 19.5 Å². The molecule has 0 aromatic heterocycles. The van der Waals surface area contributed by atoms with Crippen molar-refractivity contribution in [3.63, 3.8) is 0 Å². The third kappa shape index (κ3) is 6.95. The van der Waals surface area contributed by atoms with Crippen LogP contribution in [0.2, 0.25) is 0 Å². The molecule has 2 N–H and O–H groups in total. The zero-order chi connectivity index (χ0) is 26.3. The molecule has 0 spiro atoms. The summed E-state index contributed by atoms with van der Waals surface area (Å²) < 4.78 is 70.6. The molecule has 0 unspecified atom stereocenters. The van der Waals surface area contributed by atoms with Gasteiger partial charge in [0.1, 0.15) is 18.1 Å². The number of carbonyl (C=O) groups excluding carboxylic acids is 1. The molecular formula is C23H31N3O8S2. The lowest BCUT2D eigenvalue weighted by Gasteiger charge is -2.26. The predicted octanol–water partition coefficient (Wildman–Crippen LogP) is 1.21. The molecule has 1 fully saturated rings. The number of sulfonamides is 2. The number of benzene rings is 2. The average Bonchev–Trinajstić information content (AvgIpc) is 2.86. The maximum Gasteiger partial charge on any atom is 0.255 e. The van der Waals surface area contributed by atoms with Gasteiger partial charge in [0, 0.05) is 25.7 Å². The van der Waals surface area contributed by atoms with E-state index in [4.69, 9.17) is 14.2 Å². The summed E-state index contributed by atoms with van der Waals surface area (Å²) in [7, 11) is -6.13. The number of rotatable bonds is 11. The van der Waals surface area contributed by atoms with Gasteiger partial charge in [-0.3, -0.25) is 4.79 Å². The molecule has 1 aliphatic heterocycles. The molecule has 0 saturated carbocycles. The Bertz CT molecular complexity index is 1260. The molecule has 0 aliphatic carbocycles. The predicted molar refractivity (Wildman–Crippen MR) is 132 cm³/mol. The first-order valence-corrected chi connectivity index (χ1v) is 14.3. The van der Waals surface area contributed by atoms with Crippen LogP contribution in [0.4, 0.5) is 0 Å². The normalized spacial score (nSPS) is 15.0. The smallest absolute Gasteiger partial charge is 0.255 e. The summed E-state index contributed by atoms with van der Waals surface area (Å²) in [5, 5.41) is 2.71. The highest BCUT2D eigenvalue weighted by Crippen LogP contribution is 2.23. The van der Waals surface area contributed by atoms with E-state index in [9.17, 15) is 21.6 Å². The number of amides is 1. The summed E-state index contributed by atoms with van der Waals surface area (Å²) in [5.74, 6) is 0.211. The van der Waals surface area contributed by atoms with Crippen LogP contribution in [0.3, 0.4) is 0 Å². The first-order chi connectivity index (χ1) is 17.0. The van der Waals surface area contributed by atoms with Gasteiger partial charge in [0.05, 0.1) is 35.7 Å². The standard InChI is InChI=1S/C23H31N3O8S2/c1-17(2)25-23(27)21-16-20(8-9-22(21)32-3)35(28,29)24-10-13-34-18-4-6-19(7-5-18)36(30,31)26-11-14-33-15-12-26/h4-9,16-17,24H,10-15H2,1-3H3,(H,25,27). The van der Waals surface area contributed by atoms with E-state index in [0.717, 1.165) is 0 Å². The number of nitrogens with zero attached hydrogens (tertiary/aromatic N) is 1. The van der Waals surface area contributed by atoms with Crippen molar-refractivity contribution in [1.82, 2.24) is 14.3 Å². The molecule has 11 nitrogen and oxygen atoms in total. The third-order valence-corrected chi connectivity index (χ3v) is 8.61. The van der Waals surface area contributed by atoms with Crippen molar-refractivity contribution in [1.29, 1.82) is 0 Å². The third-order valence-electron chi connectivity index (χ3n) is 5.24. The second kappa shape index (κ2) is 12.0. The molecule has 198 valence electrons. The van der Waals surface area contributed by atoms with Crippen LogP contribution in [-0.4, -0.2) is 79.7 Å². The topological polar surface area (TPSA) is 140 Å². The summed E-state index contributed by atoms with van der Waals surface area (Å²) in [6.45, 7) is 4.88. The minimum absolute atomic E-state index is 0.00559. The zero-order valence-corrected chi connectivity index (χ0v) is 22.0. The maximum absolute atomic E-state index is 12.7. The van der Waals surface area contributed by atoms with Crippen LogP contribution in [0, 0.1) is 0 Å². The minimum Gasteiger partial charge on any atom is -0.496 e. The Hall–Kier alpha value is -2.71. The lowest BCUT2D eigenvalue weighted by atomic mass is 10.2. The van der Waals surface area contributed by atoms with Gasteiger partial charge in [0.15, 0.2) is 0 Å². The van der Waals surface area contributed by atoms with Gasteiger partial charge in [0.2, 0.25) is 20.0 Å². The van der Waals surface area contributed by atoms with Gasteiger partial charge in [-0.1, -0.05) is 0 Å². The number of methoxy groups -OCH3 is 1. The first kappa shape index (κ1) is 27.9. The lowest BCUT2D eigenvalue weighted by Crippen LogP contribution is -2.40. The van der Waals surface area contributed by atoms with Crippen molar-refractivity contribution in [3.8, 4) is 11.5 Å². The molecular weight excluding hydrogens is 510 g/mol. The molecule has 0 bridgehead atoms. The van der Waals surface area contributed by atoms with Crippen molar-refractivity contribution >= 4 is 26.0 Å². The van der Waals surface area contributed by atoms with Gasteiger partial charge >= 0.3 is 0 Å². The number of morpholine rings is 1. The SMILES string of the molecule is COc1ccc(S(=O)(=O)NCCOc2ccc(S(=O)(=O)N3CCOCC3)cc2)cc1C(=O)NC(C)C. The molecule has 13 heteroatoms. The van der Waals surface area contributed by atoms with Crippen LogP contribution in [0.15, 0.2) is 52.3 Å². The van der Waals surface area contributed by atoms with Gasteiger partial charge in [-0.15, -0.1) is 0 Å². The molecule has 0 radical (unpaired) electrons. The summed E-state index contributed by atoms with van der Waals surface area (Å²) >= 11 is 0. The largest absolute Gasteiger partial charge is 0.496 e. The van der Waals surface area contributed by atoms with E-state index in [1.165, 1.54) is 53.9 Å². The summed E-state index contributed by atoms with van der Waals surface area (Å²) in [5.41, 5.74) is 0.109. The van der Waals surface area contributed by atoms with E-state index in [-0.39, 0.29) is 40.3 Å². The van der Waals surface area contributed by atoms with E-state index in [1.54, 1.807) is 13.8 Å². The fourth-order valence-electron chi connectivity index (χ4n) is 3.44. The van der Waals surface area contributed by atoms with Crippen LogP contribution in [0.5, 0.6) is 11.5 Å². The molecule has 2 aromatic rings. The van der Waals surface area contributed by atoms with Gasteiger partial charge in [-0.25, -0.2) is 21.6 Å². The van der Waals surface area contributed by atoms with Crippen molar-refractivity contribution in [2.24, 2.45) is 0 Å². The number of ether oxygens (including phenoxy) is 3. The molecule has 3 rings (SSSR count). The number of nitrogens with one attached hydrogen (secondary N) is 2. The number of hydrogen-bond acceptors (Lipinski definition) is 8. The molecule has 2 aromatic carbocycles. The van der Waals surface area contributed by atoms with Crippen molar-refractivity contribution in [2.75, 3.05) is 46.6 Å². The summed E-state index contributed by atoms with van der Waals surface area (Å²) in [6.07, 6.45) is 0. The Morgan fingerprint density at radius 2 is 1.67 bits per heavy atom. The fraction of sp³-hybridized carbons (Fsp3) is 0.435. The van der Waals surface area contributed by atoms with E-state index in [1.807, 2.05) is 0 Å². The molecule has 0 atom stereocenters. The average molecular weight is 542 g/mol. The van der Waals surface area contributed by atoms with E-state index < -0.39 is 26.0 Å². The first-order valence-electron chi connectivity index (χ1n) is 11.3. The van der Waals surface area contributed by atoms with Crippen LogP contribution >= 0.6 is 0 Å². The van der Waals surface area contributed by atoms with Crippen molar-refractivity contribution < 1.29 is 35.8 Å². The van der Waals surface area contributed by atoms with Gasteiger partial charge in [-0.05, 0) is 56.3 Å². The fourth-order valence-corrected chi connectivity index (χ4v) is 5.89. The van der Waals surface area contributed by atoms with Gasteiger partial charge in [0.25, 0.3) is 5.91 Å². The molecule has 1 amide bonds. The van der Waals surface area contributed by atoms with Crippen LogP contribution in [-0.2, 0) is 24.8 Å². The molecule has 36 heavy (non-hydrogen) atoms. The van der Waals surface area contributed by atoms with E-state index in [2.05, 4.69) is 10.0 Å². The van der Waals surface area contributed by atoms with Crippen LogP contribution in [0.25, 0.3) is 0 Å². The molecule has 1 saturated heterocycles. The lowest BCUT2D eigenvalue weighted by molar-refractivity contribution is 0.0730. The van der Waals surface area contributed by atoms with Crippen molar-refractivity contribution in [3.05, 3.63) is 48.0 Å². The van der Waals surface area contributed by atoms with Gasteiger partial charge < -0.3 is 19.5 Å². The Labute approximate surface area is 211 Å². The highest BCUT2D eigenvalue weighted by atomic mass is 32.2. The quantitative estimate of drug-likeness (QED) is 0.405. The highest BCUT2D eigenvalue weighted by Gasteiger charge is 2.26. The Morgan fingerprint density at radius 1 is 1.03 bits per heavy atom. The highest BCUT2D eigenvalue weighted by molar-refractivity contribution is 7.89. The summed E-state index contributed by atoms with van der Waals surface area (Å²) in [6, 6.07) is 9.83. The van der Waals surface area contributed by atoms with E-state index >= 15 is 0 Å². The molecule has 1 aliphatic rings.